The number of rotatable bonds is 44. The van der Waals surface area contributed by atoms with Crippen molar-refractivity contribution in [1.29, 1.82) is 0 Å². The van der Waals surface area contributed by atoms with Gasteiger partial charge >= 0.3 is 79.3 Å². The summed E-state index contributed by atoms with van der Waals surface area (Å²) in [4.78, 5) is 214. The van der Waals surface area contributed by atoms with Gasteiger partial charge in [-0.1, -0.05) is 84.7 Å². The zero-order chi connectivity index (χ0) is 108. The number of aromatic nitrogens is 12. The number of hydrogen-bond acceptors (Lipinski definition) is 49. The van der Waals surface area contributed by atoms with Crippen LogP contribution in [0.1, 0.15) is 159 Å². The lowest BCUT2D eigenvalue weighted by molar-refractivity contribution is -0.192. The Morgan fingerprint density at radius 1 is 0.538 bits per heavy atom. The number of nitrogen functional groups attached to an aromatic ring is 4. The number of imidazole rings is 2. The van der Waals surface area contributed by atoms with E-state index >= 15 is 0 Å². The van der Waals surface area contributed by atoms with Gasteiger partial charge in [-0.15, -0.1) is 0 Å². The van der Waals surface area contributed by atoms with Gasteiger partial charge in [0.05, 0.1) is 38.5 Å². The predicted octanol–water partition coefficient (Wildman–Crippen LogP) is 2.20. The molecule has 0 radical (unpaired) electrons. The van der Waals surface area contributed by atoms with E-state index in [-0.39, 0.29) is 118 Å². The number of carbonyl (C=O) groups is 7. The predicted molar refractivity (Wildman–Crippen MR) is 510 cm³/mol. The molecule has 10 heterocycles. The first-order valence-electron chi connectivity index (χ1n) is 43.8. The van der Waals surface area contributed by atoms with Crippen LogP contribution in [0.15, 0.2) is 59.4 Å². The molecule has 145 heavy (non-hydrogen) atoms. The zero-order valence-corrected chi connectivity index (χ0v) is 86.6. The van der Waals surface area contributed by atoms with Crippen LogP contribution in [0.25, 0.3) is 22.3 Å². The molecule has 10 rings (SSSR count). The Bertz CT molecular complexity index is 5670. The Kier molecular flexibility index (Phi) is 43.8. The molecule has 26 N–H and O–H groups in total. The van der Waals surface area contributed by atoms with Gasteiger partial charge in [0.1, 0.15) is 133 Å². The van der Waals surface area contributed by atoms with E-state index in [0.29, 0.717) is 18.6 Å². The number of anilines is 4. The quantitative estimate of drug-likeness (QED) is 0.00857. The van der Waals surface area contributed by atoms with E-state index < -0.39 is 233 Å². The fraction of sp³-hybridized carbons (Fsp3) is 0.671. The number of nitrogens with two attached hydrogens (primary N) is 6. The average molecular weight is 2230 g/mol. The Balaban J connectivity index is 0.000000337. The van der Waals surface area contributed by atoms with Gasteiger partial charge in [-0.3, -0.25) is 55.3 Å². The summed E-state index contributed by atoms with van der Waals surface area (Å²) in [6.45, 7) is 19.0. The first kappa shape index (κ1) is 122. The number of esters is 2. The maximum absolute atomic E-state index is 14.2. The van der Waals surface area contributed by atoms with Crippen molar-refractivity contribution in [2.75, 3.05) is 74.0 Å². The summed E-state index contributed by atoms with van der Waals surface area (Å²) in [6.07, 6.45) is -20.1. The standard InChI is InChI=1S/C42H67N11O19P2S2.C32H51N11O15P2S2.C2HF3O2/c1-40(2,3)70-38(58)49-22(12-10-11-14-45-34(55)23(19-75-76-42(7,8)9)50-39(59)71-41(4,5)6)36(56)69-31-26(68-35(30(31)54)53-21-48-29-32(44)46-20-47-33(29)53)18-66-74(63,64)72-24-16-28(52-15-13-27(43)51-37(52)57)67-25(24)17-65-73(60,61)62;1-32(2,3)62-61-13-17(34)28(45)37-8-5-4-6-16(33)30(46)57-25-20(56-29(24(25)44)43-15-40-23-26(36)38-14-39-27(23)43)12-54-60(51,52)58-18-10-22(42-9-7-21(35)41-31(42)47)55-19(18)11-53-59(48,49)50;3-2(4,5)1(6)7/h13,15,20-26,28,30-31,35,54,60-62H,10-12,14,16-19H2,1-9H3,(H7-,43,44,45,46,47,49,50,51,55,57,58,59,63,64);7,9,14-20,22,24-25,29,44H,4-6,8,10-13,33-34H2,1-3H3,(H,37,45)(H,51,52)(H2,35,41,47)(H2,36,38,39)(H2,48,49,50);(H,6,7)/p+1/t22-,23-,24-,25+,26+,28+,30+,31+,35+;16-,17-,18-,19+,20+,22+,24+,25+,29+;/m00./s1. The molecule has 2 unspecified atom stereocenters. The van der Waals surface area contributed by atoms with Crippen molar-refractivity contribution in [2.24, 2.45) is 11.5 Å². The number of fused-ring (bicyclic) bond motifs is 2. The molecule has 69 heteroatoms. The minimum atomic E-state index is -5.29. The number of nitrogens with zero attached hydrogens (tertiary/aromatic N) is 12. The monoisotopic (exact) mass is 2230 g/mol. The van der Waals surface area contributed by atoms with Gasteiger partial charge < -0.3 is 128 Å². The normalized spacial score (nSPS) is 23.2. The number of ether oxygens (including phenoxy) is 8. The van der Waals surface area contributed by atoms with E-state index in [4.69, 9.17) is 105 Å². The van der Waals surface area contributed by atoms with E-state index in [1.807, 2.05) is 20.8 Å². The second kappa shape index (κ2) is 52.2. The summed E-state index contributed by atoms with van der Waals surface area (Å²) in [5.41, 5.74) is 32.2. The number of alkyl carbamates (subject to hydrolysis) is 2. The molecule has 4 saturated heterocycles. The van der Waals surface area contributed by atoms with Crippen molar-refractivity contribution >= 4 is 162 Å². The van der Waals surface area contributed by atoms with E-state index in [2.05, 4.69) is 86.4 Å². The van der Waals surface area contributed by atoms with E-state index in [9.17, 15) is 110 Å². The second-order valence-electron chi connectivity index (χ2n) is 36.3. The number of carboxylic acid groups (broad SMARTS) is 1. The van der Waals surface area contributed by atoms with Crippen LogP contribution in [0.5, 0.6) is 0 Å². The highest BCUT2D eigenvalue weighted by atomic mass is 33.1. The van der Waals surface area contributed by atoms with Crippen LogP contribution in [-0.4, -0.2) is 313 Å². The van der Waals surface area contributed by atoms with Crippen LogP contribution in [-0.2, 0) is 103 Å². The lowest BCUT2D eigenvalue weighted by Gasteiger charge is -2.26. The van der Waals surface area contributed by atoms with Gasteiger partial charge in [0.15, 0.2) is 47.6 Å². The van der Waals surface area contributed by atoms with Crippen molar-refractivity contribution in [2.45, 2.75) is 271 Å². The molecule has 0 spiro atoms. The van der Waals surface area contributed by atoms with Crippen molar-refractivity contribution in [3.05, 3.63) is 70.8 Å². The maximum atomic E-state index is 14.2. The number of carboxylic acids is 1. The number of nitrogens with one attached hydrogen (secondary N) is 4. The zero-order valence-electron chi connectivity index (χ0n) is 79.8. The number of phosphoric acid groups is 3. The number of alkyl halides is 3. The highest BCUT2D eigenvalue weighted by Crippen LogP contribution is 2.53. The third-order valence-corrected chi connectivity index (χ3v) is 29.4. The summed E-state index contributed by atoms with van der Waals surface area (Å²) < 4.78 is 151. The molecule has 6 aromatic heterocycles. The Morgan fingerprint density at radius 2 is 0.945 bits per heavy atom. The molecule has 6 aromatic rings. The molecule has 0 aromatic carbocycles. The van der Waals surface area contributed by atoms with Gasteiger partial charge in [-0.2, -0.15) is 42.3 Å². The molecule has 0 bridgehead atoms. The van der Waals surface area contributed by atoms with Crippen molar-refractivity contribution in [3.8, 4) is 0 Å². The highest BCUT2D eigenvalue weighted by molar-refractivity contribution is 8.77. The van der Waals surface area contributed by atoms with Crippen LogP contribution in [0.2, 0.25) is 0 Å². The first-order chi connectivity index (χ1) is 67.1. The number of hydrogen-bond donors (Lipinski definition) is 20. The van der Waals surface area contributed by atoms with Crippen LogP contribution < -0.4 is 67.0 Å². The van der Waals surface area contributed by atoms with E-state index in [0.717, 1.165) is 21.8 Å². The van der Waals surface area contributed by atoms with Gasteiger partial charge in [0.25, 0.3) is 0 Å². The fourth-order valence-electron chi connectivity index (χ4n) is 13.4. The first-order valence-corrected chi connectivity index (χ1v) is 54.5. The minimum Gasteiger partial charge on any atom is -0.475 e. The van der Waals surface area contributed by atoms with E-state index in [1.54, 1.807) is 52.3 Å². The molecular weight excluding hydrogens is 2110 g/mol. The summed E-state index contributed by atoms with van der Waals surface area (Å²) in [5, 5.41) is 41.2. The third kappa shape index (κ3) is 39.4. The molecule has 58 nitrogen and oxygen atoms in total. The van der Waals surface area contributed by atoms with Crippen LogP contribution >= 0.6 is 74.8 Å². The minimum absolute atomic E-state index is 0.0131. The molecule has 4 aliphatic rings. The van der Waals surface area contributed by atoms with Crippen LogP contribution in [0.4, 0.5) is 46.0 Å². The summed E-state index contributed by atoms with van der Waals surface area (Å²) in [6, 6.07) is -1.78. The van der Waals surface area contributed by atoms with Crippen molar-refractivity contribution < 1.29 is 175 Å². The molecular formula is C76H120F3N22O36P4S4+. The molecule has 4 amide bonds. The Labute approximate surface area is 840 Å². The number of unbranched alkanes of at least 4 members (excludes halogenated alkanes) is 2. The number of phosphoric ester groups is 3. The molecule has 4 aliphatic heterocycles. The largest absolute Gasteiger partial charge is 0.567 e. The molecule has 814 valence electrons. The topological polar surface area (TPSA) is 863 Å². The summed E-state index contributed by atoms with van der Waals surface area (Å²) in [7, 11) is -14.3. The molecule has 0 saturated carbocycles. The number of aliphatic hydroxyl groups is 2. The fourth-order valence-corrected chi connectivity index (χ4v) is 20.9. The third-order valence-electron chi connectivity index (χ3n) is 19.7. The van der Waals surface area contributed by atoms with Gasteiger partial charge in [-0.25, -0.2) is 72.4 Å². The number of aliphatic hydroxyl groups excluding tert-OH is 2. The van der Waals surface area contributed by atoms with E-state index in [1.165, 1.54) is 78.7 Å². The second-order valence-corrected chi connectivity index (χ2v) is 47.9. The summed E-state index contributed by atoms with van der Waals surface area (Å²) >= 11 is 0. The number of amides is 4. The lowest BCUT2D eigenvalue weighted by Crippen LogP contribution is -2.49. The smallest absolute Gasteiger partial charge is 0.475 e. The Morgan fingerprint density at radius 3 is 1.36 bits per heavy atom. The van der Waals surface area contributed by atoms with Gasteiger partial charge in [0, 0.05) is 59.3 Å². The number of aliphatic carboxylic acids is 1. The summed E-state index contributed by atoms with van der Waals surface area (Å²) in [5.74, 6) is -5.21. The number of halogens is 3. The lowest BCUT2D eigenvalue weighted by atomic mass is 10.1. The molecule has 20 atom stereocenters. The van der Waals surface area contributed by atoms with Gasteiger partial charge in [-0.05, 0) is 92.2 Å². The van der Waals surface area contributed by atoms with Crippen molar-refractivity contribution in [1.82, 2.24) is 79.4 Å². The molecule has 4 fully saturated rings. The molecule has 0 aliphatic carbocycles. The number of carbonyl (C=O) groups excluding carboxylic acids is 6. The van der Waals surface area contributed by atoms with Crippen LogP contribution in [0, 0.1) is 0 Å². The Hall–Kier alpha value is -8.58. The highest BCUT2D eigenvalue weighted by Gasteiger charge is 2.54. The van der Waals surface area contributed by atoms with Gasteiger partial charge in [0.2, 0.25) is 11.8 Å². The van der Waals surface area contributed by atoms with Crippen LogP contribution in [0.3, 0.4) is 0 Å². The maximum Gasteiger partial charge on any atom is 0.567 e. The van der Waals surface area contributed by atoms with Crippen molar-refractivity contribution in [3.63, 3.8) is 0 Å². The average Bonchev–Trinajstić information content (AvgIpc) is 1.61. The SMILES string of the molecule is CC(C)(C)OC(=O)N[C@@H](CSSC(C)(C)C)C(=O)NCCCC[C@H](NC(=O)OC(C)(C)C)C(=O)O[C@H]1[C@@H](O)[C@H](n2cnc3c(N)ncnc32)O[C@@H]1COP(=O)(O)O[C@H]1C[C@H](n2ccc(N)nc2=O)O[C@@H]1CO[P+](O)(O)O.CC(C)(C)SSC[C@H](N)C(=O)NCCCC[C@H](N)C(=O)O[C@H]1[C@@H](O)[C@H](n2cnc3c(N)ncnc32)O[C@@H]1COP(=O)(O)O[C@H]1C[C@H](n2ccc(N)nc2=O)O[C@@H]1COP(=O)(O)O.O=C(O)C(F)(F)F.